The van der Waals surface area contributed by atoms with Crippen LogP contribution in [-0.4, -0.2) is 35.4 Å². The summed E-state index contributed by atoms with van der Waals surface area (Å²) >= 11 is 0. The Morgan fingerprint density at radius 1 is 1.33 bits per heavy atom. The van der Waals surface area contributed by atoms with Gasteiger partial charge in [0.2, 0.25) is 0 Å². The Bertz CT molecular complexity index is 669. The van der Waals surface area contributed by atoms with E-state index in [4.69, 9.17) is 9.47 Å². The maximum atomic E-state index is 12.4. The molecule has 5 heteroatoms. The zero-order valence-corrected chi connectivity index (χ0v) is 15.8. The Kier molecular flexibility index (Phi) is 6.67. The number of aliphatic hydroxyl groups is 1. The Morgan fingerprint density at radius 2 is 2.11 bits per heavy atom. The van der Waals surface area contributed by atoms with Gasteiger partial charge in [0.1, 0.15) is 12.2 Å². The fourth-order valence-electron chi connectivity index (χ4n) is 4.03. The van der Waals surface area contributed by atoms with E-state index in [0.717, 1.165) is 25.7 Å². The van der Waals surface area contributed by atoms with Crippen molar-refractivity contribution in [2.24, 2.45) is 11.8 Å². The highest BCUT2D eigenvalue weighted by Gasteiger charge is 2.50. The first-order valence-corrected chi connectivity index (χ1v) is 9.90. The largest absolute Gasteiger partial charge is 0.462 e. The first-order valence-electron chi connectivity index (χ1n) is 9.90. The summed E-state index contributed by atoms with van der Waals surface area (Å²) in [5, 5.41) is 10.2. The molecular formula is C22H28O5. The molecule has 1 saturated heterocycles. The maximum absolute atomic E-state index is 12.4. The van der Waals surface area contributed by atoms with E-state index in [0.29, 0.717) is 18.4 Å². The number of unbranched alkanes of at least 4 members (excludes halogenated alkanes) is 2. The minimum Gasteiger partial charge on any atom is -0.462 e. The van der Waals surface area contributed by atoms with Crippen molar-refractivity contribution >= 4 is 11.9 Å². The number of esters is 2. The van der Waals surface area contributed by atoms with Gasteiger partial charge in [-0.25, -0.2) is 4.79 Å². The third-order valence-electron chi connectivity index (χ3n) is 5.48. The van der Waals surface area contributed by atoms with Crippen LogP contribution in [0.3, 0.4) is 0 Å². The van der Waals surface area contributed by atoms with Crippen molar-refractivity contribution in [3.63, 3.8) is 0 Å². The molecule has 0 aromatic heterocycles. The predicted octanol–water partition coefficient (Wildman–Crippen LogP) is 3.66. The van der Waals surface area contributed by atoms with E-state index in [-0.39, 0.29) is 36.0 Å². The molecule has 1 saturated carbocycles. The van der Waals surface area contributed by atoms with Crippen molar-refractivity contribution in [2.75, 3.05) is 0 Å². The number of hydrogen-bond donors (Lipinski definition) is 1. The van der Waals surface area contributed by atoms with Crippen molar-refractivity contribution in [3.8, 4) is 0 Å². The molecule has 27 heavy (non-hydrogen) atoms. The molecule has 1 aromatic carbocycles. The van der Waals surface area contributed by atoms with E-state index >= 15 is 0 Å². The molecule has 2 fully saturated rings. The lowest BCUT2D eigenvalue weighted by Gasteiger charge is -2.20. The Morgan fingerprint density at radius 3 is 2.85 bits per heavy atom. The minimum absolute atomic E-state index is 0.00478. The summed E-state index contributed by atoms with van der Waals surface area (Å²) in [5.41, 5.74) is 0.508. The quantitative estimate of drug-likeness (QED) is 0.428. The van der Waals surface area contributed by atoms with Gasteiger partial charge in [-0.15, -0.1) is 0 Å². The van der Waals surface area contributed by atoms with E-state index in [9.17, 15) is 14.7 Å². The molecule has 1 aliphatic heterocycles. The van der Waals surface area contributed by atoms with Crippen LogP contribution in [0.1, 0.15) is 55.8 Å². The second-order valence-electron chi connectivity index (χ2n) is 7.47. The lowest BCUT2D eigenvalue weighted by molar-refractivity contribution is -0.141. The summed E-state index contributed by atoms with van der Waals surface area (Å²) < 4.78 is 11.1. The van der Waals surface area contributed by atoms with Crippen molar-refractivity contribution in [1.29, 1.82) is 0 Å². The number of benzene rings is 1. The van der Waals surface area contributed by atoms with Gasteiger partial charge in [-0.05, 0) is 18.6 Å². The fourth-order valence-corrected chi connectivity index (χ4v) is 4.03. The van der Waals surface area contributed by atoms with Gasteiger partial charge in [-0.2, -0.15) is 0 Å². The molecule has 0 bridgehead atoms. The smallest absolute Gasteiger partial charge is 0.338 e. The van der Waals surface area contributed by atoms with Gasteiger partial charge >= 0.3 is 11.9 Å². The number of ether oxygens (including phenoxy) is 2. The van der Waals surface area contributed by atoms with Gasteiger partial charge in [-0.1, -0.05) is 56.5 Å². The van der Waals surface area contributed by atoms with Crippen LogP contribution >= 0.6 is 0 Å². The third kappa shape index (κ3) is 4.98. The molecule has 0 radical (unpaired) electrons. The van der Waals surface area contributed by atoms with Crippen LogP contribution in [0, 0.1) is 11.8 Å². The fraction of sp³-hybridized carbons (Fsp3) is 0.545. The molecule has 5 nitrogen and oxygen atoms in total. The van der Waals surface area contributed by atoms with Crippen LogP contribution in [-0.2, 0) is 14.3 Å². The standard InChI is InChI=1S/C22H28O5/c1-2-3-5-10-16(23)11-12-17-18-13-21(24)26-20(18)14-19(17)27-22(25)15-8-6-4-7-9-15/h4,6-9,11-12,16-20,23H,2-3,5,10,13-14H2,1H3/b12-11+/t16-,17+,18+,19?,20?/m0/s1. The van der Waals surface area contributed by atoms with Gasteiger partial charge in [-0.3, -0.25) is 4.79 Å². The number of carbonyl (C=O) groups is 2. The topological polar surface area (TPSA) is 72.8 Å². The minimum atomic E-state index is -0.515. The van der Waals surface area contributed by atoms with Crippen LogP contribution in [0.4, 0.5) is 0 Å². The van der Waals surface area contributed by atoms with Gasteiger partial charge in [0.15, 0.2) is 0 Å². The van der Waals surface area contributed by atoms with Crippen LogP contribution < -0.4 is 0 Å². The molecule has 1 aromatic rings. The van der Waals surface area contributed by atoms with Gasteiger partial charge in [0, 0.05) is 18.3 Å². The summed E-state index contributed by atoms with van der Waals surface area (Å²) in [7, 11) is 0. The van der Waals surface area contributed by atoms with Gasteiger partial charge in [0.05, 0.1) is 18.1 Å². The third-order valence-corrected chi connectivity index (χ3v) is 5.48. The van der Waals surface area contributed by atoms with E-state index in [1.165, 1.54) is 0 Å². The highest BCUT2D eigenvalue weighted by Crippen LogP contribution is 2.43. The van der Waals surface area contributed by atoms with E-state index in [1.54, 1.807) is 30.3 Å². The van der Waals surface area contributed by atoms with E-state index < -0.39 is 6.10 Å². The monoisotopic (exact) mass is 372 g/mol. The molecule has 1 N–H and O–H groups in total. The van der Waals surface area contributed by atoms with Crippen molar-refractivity contribution in [1.82, 2.24) is 0 Å². The van der Waals surface area contributed by atoms with Crippen molar-refractivity contribution < 1.29 is 24.2 Å². The molecule has 1 heterocycles. The van der Waals surface area contributed by atoms with Crippen molar-refractivity contribution in [3.05, 3.63) is 48.0 Å². The number of hydrogen-bond acceptors (Lipinski definition) is 5. The average molecular weight is 372 g/mol. The normalized spacial score (nSPS) is 28.1. The second kappa shape index (κ2) is 9.18. The second-order valence-corrected chi connectivity index (χ2v) is 7.47. The van der Waals surface area contributed by atoms with Crippen LogP contribution in [0.15, 0.2) is 42.5 Å². The van der Waals surface area contributed by atoms with Gasteiger partial charge in [0.25, 0.3) is 0 Å². The van der Waals surface area contributed by atoms with Crippen LogP contribution in [0.2, 0.25) is 0 Å². The summed E-state index contributed by atoms with van der Waals surface area (Å²) in [6.07, 6.45) is 7.39. The Hall–Kier alpha value is -2.14. The van der Waals surface area contributed by atoms with Crippen LogP contribution in [0.25, 0.3) is 0 Å². The molecule has 2 unspecified atom stereocenters. The molecule has 146 valence electrons. The van der Waals surface area contributed by atoms with Gasteiger partial charge < -0.3 is 14.6 Å². The molecule has 5 atom stereocenters. The highest BCUT2D eigenvalue weighted by atomic mass is 16.6. The molecule has 3 rings (SSSR count). The molecule has 1 aliphatic carbocycles. The Balaban J connectivity index is 1.66. The van der Waals surface area contributed by atoms with E-state index in [1.807, 2.05) is 12.1 Å². The molecule has 0 spiro atoms. The maximum Gasteiger partial charge on any atom is 0.338 e. The first-order chi connectivity index (χ1) is 13.1. The predicted molar refractivity (Wildman–Crippen MR) is 101 cm³/mol. The van der Waals surface area contributed by atoms with Crippen LogP contribution in [0.5, 0.6) is 0 Å². The Labute approximate surface area is 160 Å². The average Bonchev–Trinajstić information content (AvgIpc) is 3.16. The highest BCUT2D eigenvalue weighted by molar-refractivity contribution is 5.89. The molecular weight excluding hydrogens is 344 g/mol. The summed E-state index contributed by atoms with van der Waals surface area (Å²) in [6.45, 7) is 2.13. The molecule has 2 aliphatic rings. The van der Waals surface area contributed by atoms with Crippen molar-refractivity contribution in [2.45, 2.75) is 63.8 Å². The number of fused-ring (bicyclic) bond motifs is 1. The zero-order chi connectivity index (χ0) is 19.2. The lowest BCUT2D eigenvalue weighted by atomic mass is 9.91. The number of carbonyl (C=O) groups excluding carboxylic acids is 2. The lowest BCUT2D eigenvalue weighted by Crippen LogP contribution is -2.25. The number of aliphatic hydroxyl groups excluding tert-OH is 1. The van der Waals surface area contributed by atoms with E-state index in [2.05, 4.69) is 6.92 Å². The number of rotatable bonds is 8. The zero-order valence-electron chi connectivity index (χ0n) is 15.8. The summed E-state index contributed by atoms with van der Waals surface area (Å²) in [4.78, 5) is 24.1. The summed E-state index contributed by atoms with van der Waals surface area (Å²) in [5.74, 6) is -0.673. The SMILES string of the molecule is CCCCC[C@H](O)/C=C/[C@H]1C(OC(=O)c2ccccc2)CC2OC(=O)C[C@@H]21. The first kappa shape index (κ1) is 19.6. The molecule has 0 amide bonds. The summed E-state index contributed by atoms with van der Waals surface area (Å²) in [6, 6.07) is 8.89.